The van der Waals surface area contributed by atoms with Crippen molar-refractivity contribution in [1.82, 2.24) is 0 Å². The maximum Gasteiger partial charge on any atom is 0.350 e. The summed E-state index contributed by atoms with van der Waals surface area (Å²) in [5, 5.41) is 12.3. The lowest BCUT2D eigenvalue weighted by Gasteiger charge is -2.20. The van der Waals surface area contributed by atoms with Crippen LogP contribution in [-0.2, 0) is 22.7 Å². The van der Waals surface area contributed by atoms with Crippen molar-refractivity contribution in [1.29, 1.82) is 0 Å². The Bertz CT molecular complexity index is 1060. The molecule has 4 rings (SSSR count). The Kier molecular flexibility index (Phi) is 4.69. The highest BCUT2D eigenvalue weighted by molar-refractivity contribution is 7.21. The molecule has 3 aromatic rings. The van der Waals surface area contributed by atoms with Gasteiger partial charge in [0.05, 0.1) is 16.6 Å². The number of hydrogen-bond donors (Lipinski definition) is 0. The van der Waals surface area contributed by atoms with Crippen molar-refractivity contribution < 1.29 is 23.9 Å². The fourth-order valence-corrected chi connectivity index (χ4v) is 4.25. The van der Waals surface area contributed by atoms with E-state index in [-0.39, 0.29) is 25.7 Å². The summed E-state index contributed by atoms with van der Waals surface area (Å²) in [6.07, 6.45) is 0. The number of nitro benzene ring substituents is 1. The lowest BCUT2D eigenvalue weighted by molar-refractivity contribution is -0.385. The van der Waals surface area contributed by atoms with E-state index in [9.17, 15) is 14.9 Å². The van der Waals surface area contributed by atoms with Crippen molar-refractivity contribution in [3.8, 4) is 5.75 Å². The maximum absolute atomic E-state index is 12.5. The number of carbonyl (C=O) groups excluding carboxylic acids is 1. The molecule has 0 fully saturated rings. The second kappa shape index (κ2) is 7.15. The van der Waals surface area contributed by atoms with Crippen LogP contribution in [0.3, 0.4) is 0 Å². The number of fused-ring (bicyclic) bond motifs is 2. The number of halogens is 1. The van der Waals surface area contributed by atoms with E-state index in [0.29, 0.717) is 26.8 Å². The van der Waals surface area contributed by atoms with E-state index in [4.69, 9.17) is 25.8 Å². The van der Waals surface area contributed by atoms with Crippen LogP contribution in [0, 0.1) is 10.1 Å². The number of rotatable bonds is 4. The normalized spacial score (nSPS) is 13.1. The molecule has 0 spiro atoms. The smallest absolute Gasteiger partial charge is 0.350 e. The molecule has 27 heavy (non-hydrogen) atoms. The second-order valence-electron chi connectivity index (χ2n) is 5.78. The summed E-state index contributed by atoms with van der Waals surface area (Å²) in [7, 11) is 0. The topological polar surface area (TPSA) is 87.9 Å². The summed E-state index contributed by atoms with van der Waals surface area (Å²) in [6.45, 7) is 0.0570. The molecular formula is C18H12ClNO6S. The summed E-state index contributed by atoms with van der Waals surface area (Å²) in [5.41, 5.74) is 0.836. The first-order valence-electron chi connectivity index (χ1n) is 7.89. The van der Waals surface area contributed by atoms with Crippen molar-refractivity contribution in [3.05, 3.63) is 67.5 Å². The Hall–Kier alpha value is -2.68. The highest BCUT2D eigenvalue weighted by Gasteiger charge is 2.23. The van der Waals surface area contributed by atoms with Crippen molar-refractivity contribution in [2.75, 3.05) is 6.79 Å². The summed E-state index contributed by atoms with van der Waals surface area (Å²) >= 11 is 7.53. The largest absolute Gasteiger partial charge is 0.467 e. The molecule has 1 aliphatic rings. The molecule has 0 unspecified atom stereocenters. The fraction of sp³-hybridized carbons (Fsp3) is 0.167. The molecule has 7 nitrogen and oxygen atoms in total. The Morgan fingerprint density at radius 3 is 2.93 bits per heavy atom. The molecule has 0 radical (unpaired) electrons. The van der Waals surface area contributed by atoms with Gasteiger partial charge in [0.2, 0.25) is 0 Å². The predicted octanol–water partition coefficient (Wildman–Crippen LogP) is 4.69. The molecule has 0 N–H and O–H groups in total. The van der Waals surface area contributed by atoms with Gasteiger partial charge in [-0.25, -0.2) is 4.79 Å². The van der Waals surface area contributed by atoms with Crippen LogP contribution in [0.25, 0.3) is 10.1 Å². The number of nitro groups is 1. The molecule has 138 valence electrons. The van der Waals surface area contributed by atoms with Gasteiger partial charge >= 0.3 is 5.97 Å². The average Bonchev–Trinajstić information content (AvgIpc) is 3.02. The summed E-state index contributed by atoms with van der Waals surface area (Å²) in [6, 6.07) is 10.1. The summed E-state index contributed by atoms with van der Waals surface area (Å²) < 4.78 is 16.8. The van der Waals surface area contributed by atoms with Gasteiger partial charge in [-0.05, 0) is 6.07 Å². The first kappa shape index (κ1) is 17.7. The van der Waals surface area contributed by atoms with Gasteiger partial charge < -0.3 is 14.2 Å². The van der Waals surface area contributed by atoms with Crippen molar-refractivity contribution in [3.63, 3.8) is 0 Å². The number of carbonyl (C=O) groups is 1. The molecule has 0 atom stereocenters. The SMILES string of the molecule is O=C(OCc1cc([N+](=O)[O-])cc2c1OCOC2)c1sc2ccccc2c1Cl. The first-order chi connectivity index (χ1) is 13.0. The van der Waals surface area contributed by atoms with Crippen LogP contribution in [-0.4, -0.2) is 17.7 Å². The Labute approximate surface area is 162 Å². The van der Waals surface area contributed by atoms with Crippen molar-refractivity contribution >= 4 is 44.7 Å². The third kappa shape index (κ3) is 3.34. The molecule has 0 aliphatic carbocycles. The van der Waals surface area contributed by atoms with Crippen LogP contribution in [0.15, 0.2) is 36.4 Å². The summed E-state index contributed by atoms with van der Waals surface area (Å²) in [5.74, 6) is -0.143. The quantitative estimate of drug-likeness (QED) is 0.355. The summed E-state index contributed by atoms with van der Waals surface area (Å²) in [4.78, 5) is 23.4. The monoisotopic (exact) mass is 405 g/mol. The van der Waals surface area contributed by atoms with Gasteiger partial charge in [0.1, 0.15) is 17.2 Å². The van der Waals surface area contributed by atoms with Crippen LogP contribution in [0.2, 0.25) is 5.02 Å². The standard InChI is InChI=1S/C18H12ClNO6S/c19-15-13-3-1-2-4-14(13)27-17(15)18(21)25-8-11-6-12(20(22)23)5-10-7-24-9-26-16(10)11/h1-6H,7-9H2. The number of thiophene rings is 1. The van der Waals surface area contributed by atoms with Crippen molar-refractivity contribution in [2.24, 2.45) is 0 Å². The van der Waals surface area contributed by atoms with Crippen LogP contribution < -0.4 is 4.74 Å². The number of esters is 1. The van der Waals surface area contributed by atoms with Gasteiger partial charge in [0.25, 0.3) is 5.69 Å². The molecule has 0 saturated carbocycles. The van der Waals surface area contributed by atoms with E-state index >= 15 is 0 Å². The van der Waals surface area contributed by atoms with Gasteiger partial charge in [-0.15, -0.1) is 11.3 Å². The van der Waals surface area contributed by atoms with Crippen LogP contribution in [0.1, 0.15) is 20.8 Å². The third-order valence-electron chi connectivity index (χ3n) is 4.06. The van der Waals surface area contributed by atoms with Gasteiger partial charge in [-0.3, -0.25) is 10.1 Å². The number of benzene rings is 2. The Morgan fingerprint density at radius 1 is 1.33 bits per heavy atom. The zero-order valence-corrected chi connectivity index (χ0v) is 15.3. The number of non-ortho nitro benzene ring substituents is 1. The van der Waals surface area contributed by atoms with Gasteiger partial charge in [-0.1, -0.05) is 29.8 Å². The van der Waals surface area contributed by atoms with Gasteiger partial charge in [0.15, 0.2) is 6.79 Å². The van der Waals surface area contributed by atoms with Crippen molar-refractivity contribution in [2.45, 2.75) is 13.2 Å². The number of hydrogen-bond acceptors (Lipinski definition) is 7. The molecule has 9 heteroatoms. The molecule has 2 heterocycles. The minimum atomic E-state index is -0.589. The average molecular weight is 406 g/mol. The van der Waals surface area contributed by atoms with Gasteiger partial charge in [-0.2, -0.15) is 0 Å². The van der Waals surface area contributed by atoms with E-state index < -0.39 is 10.9 Å². The van der Waals surface area contributed by atoms with E-state index in [1.807, 2.05) is 24.3 Å². The zero-order chi connectivity index (χ0) is 19.0. The molecule has 0 saturated heterocycles. The molecule has 0 amide bonds. The number of nitrogens with zero attached hydrogens (tertiary/aromatic N) is 1. The van der Waals surface area contributed by atoms with E-state index in [1.54, 1.807) is 0 Å². The number of ether oxygens (including phenoxy) is 3. The zero-order valence-electron chi connectivity index (χ0n) is 13.8. The highest BCUT2D eigenvalue weighted by Crippen LogP contribution is 2.37. The van der Waals surface area contributed by atoms with Crippen LogP contribution in [0.5, 0.6) is 5.75 Å². The molecular weight excluding hydrogens is 394 g/mol. The van der Waals surface area contributed by atoms with E-state index in [0.717, 1.165) is 10.1 Å². The highest BCUT2D eigenvalue weighted by atomic mass is 35.5. The van der Waals surface area contributed by atoms with E-state index in [1.165, 1.54) is 23.5 Å². The Balaban J connectivity index is 1.61. The lowest BCUT2D eigenvalue weighted by atomic mass is 10.1. The van der Waals surface area contributed by atoms with Crippen LogP contribution >= 0.6 is 22.9 Å². The Morgan fingerprint density at radius 2 is 2.15 bits per heavy atom. The predicted molar refractivity (Wildman–Crippen MR) is 99.3 cm³/mol. The van der Waals surface area contributed by atoms with E-state index in [2.05, 4.69) is 0 Å². The second-order valence-corrected chi connectivity index (χ2v) is 7.21. The fourth-order valence-electron chi connectivity index (χ4n) is 2.85. The maximum atomic E-state index is 12.5. The molecule has 1 aromatic heterocycles. The minimum Gasteiger partial charge on any atom is -0.467 e. The molecule has 0 bridgehead atoms. The molecule has 1 aliphatic heterocycles. The molecule has 2 aromatic carbocycles. The first-order valence-corrected chi connectivity index (χ1v) is 9.09. The third-order valence-corrected chi connectivity index (χ3v) is 5.72. The van der Waals surface area contributed by atoms with Crippen LogP contribution in [0.4, 0.5) is 5.69 Å². The minimum absolute atomic E-state index is 0.0356. The lowest BCUT2D eigenvalue weighted by Crippen LogP contribution is -2.14. The van der Waals surface area contributed by atoms with Gasteiger partial charge in [0, 0.05) is 33.3 Å².